The van der Waals surface area contributed by atoms with Crippen molar-refractivity contribution in [3.8, 4) is 0 Å². The zero-order chi connectivity index (χ0) is 20.0. The van der Waals surface area contributed by atoms with Crippen LogP contribution in [0.4, 0.5) is 21.9 Å². The molecule has 0 heterocycles. The van der Waals surface area contributed by atoms with Gasteiger partial charge in [-0.1, -0.05) is 0 Å². The van der Waals surface area contributed by atoms with E-state index in [1.165, 1.54) is 13.1 Å². The van der Waals surface area contributed by atoms with Crippen molar-refractivity contribution >= 4 is 35.0 Å². The predicted octanol–water partition coefficient (Wildman–Crippen LogP) is 2.38. The molecule has 2 aromatic carbocycles. The summed E-state index contributed by atoms with van der Waals surface area (Å²) in [5, 5.41) is 18.6. The van der Waals surface area contributed by atoms with Gasteiger partial charge in [0, 0.05) is 36.1 Å². The van der Waals surface area contributed by atoms with Gasteiger partial charge in [0.15, 0.2) is 0 Å². The number of nitrogens with zero attached hydrogens (tertiary/aromatic N) is 1. The number of methoxy groups -OCH3 is 1. The molecule has 0 radical (unpaired) electrons. The molecule has 0 aliphatic rings. The van der Waals surface area contributed by atoms with Crippen LogP contribution in [0, 0.1) is 10.1 Å². The van der Waals surface area contributed by atoms with Crippen LogP contribution in [0.15, 0.2) is 42.5 Å². The minimum absolute atomic E-state index is 0.0721. The van der Waals surface area contributed by atoms with Gasteiger partial charge in [-0.15, -0.1) is 0 Å². The molecular formula is C17H16N4O6. The second kappa shape index (κ2) is 8.43. The van der Waals surface area contributed by atoms with Crippen LogP contribution < -0.4 is 16.0 Å². The first-order valence-electron chi connectivity index (χ1n) is 7.62. The average molecular weight is 372 g/mol. The standard InChI is InChI=1S/C17H16N4O6/c1-18-17(24)20-13-5-3-12(4-6-13)19-15(22)10-7-11(16(23)27-2)9-14(8-10)21(25)26/h3-9H,1-2H3,(H,19,22)(H2,18,20,24). The van der Waals surface area contributed by atoms with E-state index in [1.54, 1.807) is 24.3 Å². The van der Waals surface area contributed by atoms with Gasteiger partial charge < -0.3 is 20.7 Å². The van der Waals surface area contributed by atoms with Gasteiger partial charge in [-0.05, 0) is 30.3 Å². The number of esters is 1. The molecule has 3 amide bonds. The van der Waals surface area contributed by atoms with Crippen LogP contribution in [0.5, 0.6) is 0 Å². The number of nitrogens with one attached hydrogen (secondary N) is 3. The van der Waals surface area contributed by atoms with Gasteiger partial charge in [0.2, 0.25) is 0 Å². The third kappa shape index (κ3) is 5.01. The minimum atomic E-state index is -0.794. The molecule has 27 heavy (non-hydrogen) atoms. The van der Waals surface area contributed by atoms with Crippen LogP contribution in [-0.2, 0) is 4.74 Å². The minimum Gasteiger partial charge on any atom is -0.465 e. The van der Waals surface area contributed by atoms with Crippen LogP contribution in [0.25, 0.3) is 0 Å². The molecule has 2 rings (SSSR count). The number of rotatable bonds is 5. The summed E-state index contributed by atoms with van der Waals surface area (Å²) in [5.74, 6) is -1.44. The highest BCUT2D eigenvalue weighted by Gasteiger charge is 2.18. The van der Waals surface area contributed by atoms with E-state index in [2.05, 4.69) is 20.7 Å². The Morgan fingerprint density at radius 2 is 1.52 bits per heavy atom. The van der Waals surface area contributed by atoms with Crippen molar-refractivity contribution in [2.45, 2.75) is 0 Å². The first kappa shape index (κ1) is 19.4. The van der Waals surface area contributed by atoms with Crippen LogP contribution in [-0.4, -0.2) is 37.0 Å². The number of non-ortho nitro benzene ring substituents is 1. The summed E-state index contributed by atoms with van der Waals surface area (Å²) < 4.78 is 4.55. The lowest BCUT2D eigenvalue weighted by Crippen LogP contribution is -2.24. The Morgan fingerprint density at radius 3 is 2.04 bits per heavy atom. The first-order chi connectivity index (χ1) is 12.8. The fourth-order valence-corrected chi connectivity index (χ4v) is 2.12. The van der Waals surface area contributed by atoms with E-state index >= 15 is 0 Å². The number of nitro benzene ring substituents is 1. The van der Waals surface area contributed by atoms with Gasteiger partial charge in [-0.3, -0.25) is 14.9 Å². The molecule has 0 aromatic heterocycles. The first-order valence-corrected chi connectivity index (χ1v) is 7.62. The van der Waals surface area contributed by atoms with E-state index in [0.717, 1.165) is 19.2 Å². The molecule has 10 heteroatoms. The van der Waals surface area contributed by atoms with E-state index in [1.807, 2.05) is 0 Å². The Hall–Kier alpha value is -3.95. The summed E-state index contributed by atoms with van der Waals surface area (Å²) in [4.78, 5) is 45.6. The van der Waals surface area contributed by atoms with Crippen LogP contribution >= 0.6 is 0 Å². The molecule has 0 atom stereocenters. The average Bonchev–Trinajstić information content (AvgIpc) is 2.68. The van der Waals surface area contributed by atoms with E-state index < -0.39 is 28.5 Å². The maximum absolute atomic E-state index is 12.4. The Kier molecular flexibility index (Phi) is 6.05. The van der Waals surface area contributed by atoms with Crippen molar-refractivity contribution in [3.63, 3.8) is 0 Å². The van der Waals surface area contributed by atoms with Crippen molar-refractivity contribution < 1.29 is 24.0 Å². The highest BCUT2D eigenvalue weighted by molar-refractivity contribution is 6.06. The van der Waals surface area contributed by atoms with Crippen molar-refractivity contribution in [2.75, 3.05) is 24.8 Å². The molecule has 0 aliphatic carbocycles. The van der Waals surface area contributed by atoms with Gasteiger partial charge in [-0.25, -0.2) is 9.59 Å². The van der Waals surface area contributed by atoms with E-state index in [4.69, 9.17) is 0 Å². The Bertz CT molecular complexity index is 895. The number of urea groups is 1. The van der Waals surface area contributed by atoms with E-state index in [9.17, 15) is 24.5 Å². The molecule has 2 aromatic rings. The lowest BCUT2D eigenvalue weighted by atomic mass is 10.1. The number of anilines is 2. The number of carbonyl (C=O) groups is 3. The molecule has 0 bridgehead atoms. The summed E-state index contributed by atoms with van der Waals surface area (Å²) in [6, 6.07) is 9.12. The second-order valence-electron chi connectivity index (χ2n) is 5.25. The second-order valence-corrected chi connectivity index (χ2v) is 5.25. The summed E-state index contributed by atoms with van der Waals surface area (Å²) >= 11 is 0. The topological polar surface area (TPSA) is 140 Å². The lowest BCUT2D eigenvalue weighted by Gasteiger charge is -2.08. The highest BCUT2D eigenvalue weighted by Crippen LogP contribution is 2.20. The van der Waals surface area contributed by atoms with Crippen LogP contribution in [0.3, 0.4) is 0 Å². The summed E-state index contributed by atoms with van der Waals surface area (Å²) in [5.41, 5.74) is 0.316. The smallest absolute Gasteiger partial charge is 0.338 e. The monoisotopic (exact) mass is 372 g/mol. The largest absolute Gasteiger partial charge is 0.465 e. The van der Waals surface area contributed by atoms with Crippen molar-refractivity contribution in [1.29, 1.82) is 0 Å². The number of benzene rings is 2. The van der Waals surface area contributed by atoms with Gasteiger partial charge in [-0.2, -0.15) is 0 Å². The summed E-state index contributed by atoms with van der Waals surface area (Å²) in [7, 11) is 2.61. The quantitative estimate of drug-likeness (QED) is 0.418. The Labute approximate surface area is 153 Å². The van der Waals surface area contributed by atoms with Gasteiger partial charge >= 0.3 is 12.0 Å². The van der Waals surface area contributed by atoms with Gasteiger partial charge in [0.1, 0.15) is 0 Å². The van der Waals surface area contributed by atoms with Gasteiger partial charge in [0.25, 0.3) is 11.6 Å². The highest BCUT2D eigenvalue weighted by atomic mass is 16.6. The number of hydrogen-bond donors (Lipinski definition) is 3. The molecule has 0 unspecified atom stereocenters. The maximum Gasteiger partial charge on any atom is 0.338 e. The third-order valence-electron chi connectivity index (χ3n) is 3.44. The maximum atomic E-state index is 12.4. The van der Waals surface area contributed by atoms with Crippen LogP contribution in [0.1, 0.15) is 20.7 Å². The number of hydrogen-bond acceptors (Lipinski definition) is 6. The number of amides is 3. The fourth-order valence-electron chi connectivity index (χ4n) is 2.12. The van der Waals surface area contributed by atoms with E-state index in [-0.39, 0.29) is 11.1 Å². The Balaban J connectivity index is 2.22. The molecule has 0 aliphatic heterocycles. The normalized spacial score (nSPS) is 9.85. The van der Waals surface area contributed by atoms with Crippen LogP contribution in [0.2, 0.25) is 0 Å². The molecular weight excluding hydrogens is 356 g/mol. The summed E-state index contributed by atoms with van der Waals surface area (Å²) in [6.45, 7) is 0. The molecule has 140 valence electrons. The SMILES string of the molecule is CNC(=O)Nc1ccc(NC(=O)c2cc(C(=O)OC)cc([N+](=O)[O-])c2)cc1. The molecule has 0 spiro atoms. The predicted molar refractivity (Wildman–Crippen MR) is 96.9 cm³/mol. The zero-order valence-corrected chi connectivity index (χ0v) is 14.4. The van der Waals surface area contributed by atoms with E-state index in [0.29, 0.717) is 11.4 Å². The molecule has 0 fully saturated rings. The number of carbonyl (C=O) groups excluding carboxylic acids is 3. The van der Waals surface area contributed by atoms with Crippen molar-refractivity contribution in [2.24, 2.45) is 0 Å². The lowest BCUT2D eigenvalue weighted by molar-refractivity contribution is -0.384. The van der Waals surface area contributed by atoms with Gasteiger partial charge in [0.05, 0.1) is 17.6 Å². The Morgan fingerprint density at radius 1 is 0.963 bits per heavy atom. The van der Waals surface area contributed by atoms with Crippen molar-refractivity contribution in [3.05, 3.63) is 63.7 Å². The molecule has 10 nitrogen and oxygen atoms in total. The number of ether oxygens (including phenoxy) is 1. The molecule has 3 N–H and O–H groups in total. The zero-order valence-electron chi connectivity index (χ0n) is 14.4. The molecule has 0 saturated carbocycles. The molecule has 0 saturated heterocycles. The fraction of sp³-hybridized carbons (Fsp3) is 0.118. The summed E-state index contributed by atoms with van der Waals surface area (Å²) in [6.07, 6.45) is 0. The third-order valence-corrected chi connectivity index (χ3v) is 3.44. The number of nitro groups is 1. The van der Waals surface area contributed by atoms with Crippen molar-refractivity contribution in [1.82, 2.24) is 5.32 Å².